The van der Waals surface area contributed by atoms with Crippen LogP contribution in [0.3, 0.4) is 0 Å². The Hall–Kier alpha value is -1.89. The standard InChI is InChI=1S/C13H12F3N3O/c14-13(15,16)12-17-10-4-2-1-3-9(10)11(18-12)19-5-7-20-8-6-19/h1-4H,5-8H2. The molecule has 1 aliphatic rings. The van der Waals surface area contributed by atoms with E-state index in [1.165, 1.54) is 0 Å². The number of alkyl halides is 3. The molecule has 0 unspecified atom stereocenters. The van der Waals surface area contributed by atoms with Crippen LogP contribution < -0.4 is 4.90 Å². The molecule has 20 heavy (non-hydrogen) atoms. The fourth-order valence-corrected chi connectivity index (χ4v) is 2.20. The molecule has 0 radical (unpaired) electrons. The van der Waals surface area contributed by atoms with Crippen molar-refractivity contribution in [3.8, 4) is 0 Å². The Bertz CT molecular complexity index is 624. The topological polar surface area (TPSA) is 38.2 Å². The third kappa shape index (κ3) is 2.40. The van der Waals surface area contributed by atoms with Crippen molar-refractivity contribution in [2.45, 2.75) is 6.18 Å². The van der Waals surface area contributed by atoms with Crippen LogP contribution in [0.2, 0.25) is 0 Å². The molecule has 2 aromatic rings. The van der Waals surface area contributed by atoms with Crippen LogP contribution in [0, 0.1) is 0 Å². The first kappa shape index (κ1) is 13.1. The summed E-state index contributed by atoms with van der Waals surface area (Å²) in [7, 11) is 0. The maximum Gasteiger partial charge on any atom is 0.451 e. The number of ether oxygens (including phenoxy) is 1. The number of aromatic nitrogens is 2. The Balaban J connectivity index is 2.16. The van der Waals surface area contributed by atoms with Crippen molar-refractivity contribution in [1.82, 2.24) is 9.97 Å². The molecule has 4 nitrogen and oxygen atoms in total. The molecule has 1 aliphatic heterocycles. The van der Waals surface area contributed by atoms with Crippen LogP contribution in [0.5, 0.6) is 0 Å². The second kappa shape index (κ2) is 4.90. The van der Waals surface area contributed by atoms with Crippen LogP contribution in [0.1, 0.15) is 5.82 Å². The first-order chi connectivity index (χ1) is 9.55. The van der Waals surface area contributed by atoms with Gasteiger partial charge in [0.15, 0.2) is 0 Å². The van der Waals surface area contributed by atoms with Crippen molar-refractivity contribution in [2.75, 3.05) is 31.2 Å². The second-order valence-electron chi connectivity index (χ2n) is 4.49. The average Bonchev–Trinajstić information content (AvgIpc) is 2.46. The summed E-state index contributed by atoms with van der Waals surface area (Å²) in [5, 5.41) is 0.627. The summed E-state index contributed by atoms with van der Waals surface area (Å²) in [4.78, 5) is 9.15. The molecule has 106 valence electrons. The van der Waals surface area contributed by atoms with E-state index in [1.54, 1.807) is 24.3 Å². The van der Waals surface area contributed by atoms with Gasteiger partial charge < -0.3 is 9.64 Å². The second-order valence-corrected chi connectivity index (χ2v) is 4.49. The summed E-state index contributed by atoms with van der Waals surface area (Å²) in [6, 6.07) is 6.73. The van der Waals surface area contributed by atoms with E-state index in [-0.39, 0.29) is 0 Å². The zero-order valence-electron chi connectivity index (χ0n) is 10.5. The van der Waals surface area contributed by atoms with E-state index >= 15 is 0 Å². The van der Waals surface area contributed by atoms with Crippen molar-refractivity contribution in [3.05, 3.63) is 30.1 Å². The van der Waals surface area contributed by atoms with Gasteiger partial charge in [-0.3, -0.25) is 0 Å². The van der Waals surface area contributed by atoms with Gasteiger partial charge in [0, 0.05) is 18.5 Å². The molecule has 0 N–H and O–H groups in total. The van der Waals surface area contributed by atoms with E-state index in [9.17, 15) is 13.2 Å². The molecule has 0 atom stereocenters. The minimum Gasteiger partial charge on any atom is -0.378 e. The van der Waals surface area contributed by atoms with Crippen molar-refractivity contribution >= 4 is 16.7 Å². The van der Waals surface area contributed by atoms with Crippen LogP contribution in [0.25, 0.3) is 10.9 Å². The number of hydrogen-bond acceptors (Lipinski definition) is 4. The van der Waals surface area contributed by atoms with Crippen molar-refractivity contribution in [3.63, 3.8) is 0 Å². The summed E-state index contributed by atoms with van der Waals surface area (Å²) < 4.78 is 43.9. The van der Waals surface area contributed by atoms with Gasteiger partial charge in [-0.15, -0.1) is 0 Å². The van der Waals surface area contributed by atoms with Gasteiger partial charge in [-0.2, -0.15) is 13.2 Å². The number of morpholine rings is 1. The number of anilines is 1. The van der Waals surface area contributed by atoms with Gasteiger partial charge in [-0.1, -0.05) is 12.1 Å². The Labute approximate surface area is 113 Å². The molecule has 1 fully saturated rings. The maximum atomic E-state index is 12.9. The molecule has 3 rings (SSSR count). The lowest BCUT2D eigenvalue weighted by Crippen LogP contribution is -2.37. The Morgan fingerprint density at radius 2 is 1.75 bits per heavy atom. The first-order valence-corrected chi connectivity index (χ1v) is 6.22. The third-order valence-corrected chi connectivity index (χ3v) is 3.15. The Kier molecular flexibility index (Phi) is 3.21. The summed E-state index contributed by atoms with van der Waals surface area (Å²) in [5.74, 6) is -0.774. The van der Waals surface area contributed by atoms with E-state index in [0.717, 1.165) is 0 Å². The van der Waals surface area contributed by atoms with Gasteiger partial charge in [0.2, 0.25) is 5.82 Å². The molecule has 0 aliphatic carbocycles. The summed E-state index contributed by atoms with van der Waals surface area (Å²) >= 11 is 0. The number of halogens is 3. The predicted octanol–water partition coefficient (Wildman–Crippen LogP) is 2.49. The van der Waals surface area contributed by atoms with Gasteiger partial charge >= 0.3 is 6.18 Å². The quantitative estimate of drug-likeness (QED) is 0.806. The number of rotatable bonds is 1. The molecule has 0 amide bonds. The average molecular weight is 283 g/mol. The third-order valence-electron chi connectivity index (χ3n) is 3.15. The molecular weight excluding hydrogens is 271 g/mol. The summed E-state index contributed by atoms with van der Waals surface area (Å²) in [5.41, 5.74) is 0.302. The molecular formula is C13H12F3N3O. The van der Waals surface area contributed by atoms with Crippen LogP contribution in [-0.2, 0) is 10.9 Å². The van der Waals surface area contributed by atoms with Crippen LogP contribution in [0.4, 0.5) is 19.0 Å². The van der Waals surface area contributed by atoms with Crippen LogP contribution in [0.15, 0.2) is 24.3 Å². The van der Waals surface area contributed by atoms with E-state index in [4.69, 9.17) is 4.74 Å². The molecule has 0 saturated carbocycles. The highest BCUT2D eigenvalue weighted by molar-refractivity contribution is 5.89. The minimum absolute atomic E-state index is 0.302. The smallest absolute Gasteiger partial charge is 0.378 e. The number of benzene rings is 1. The number of para-hydroxylation sites is 1. The van der Waals surface area contributed by atoms with Gasteiger partial charge in [-0.25, -0.2) is 9.97 Å². The van der Waals surface area contributed by atoms with Crippen molar-refractivity contribution in [1.29, 1.82) is 0 Å². The molecule has 1 aromatic carbocycles. The minimum atomic E-state index is -4.55. The van der Waals surface area contributed by atoms with Crippen molar-refractivity contribution in [2.24, 2.45) is 0 Å². The SMILES string of the molecule is FC(F)(F)c1nc(N2CCOCC2)c2ccccc2n1. The molecule has 1 saturated heterocycles. The number of nitrogens with zero attached hydrogens (tertiary/aromatic N) is 3. The molecule has 7 heteroatoms. The highest BCUT2D eigenvalue weighted by atomic mass is 19.4. The zero-order chi connectivity index (χ0) is 14.2. The van der Waals surface area contributed by atoms with Crippen LogP contribution in [-0.4, -0.2) is 36.3 Å². The lowest BCUT2D eigenvalue weighted by Gasteiger charge is -2.29. The predicted molar refractivity (Wildman–Crippen MR) is 67.6 cm³/mol. The lowest BCUT2D eigenvalue weighted by molar-refractivity contribution is -0.144. The zero-order valence-corrected chi connectivity index (χ0v) is 10.5. The number of fused-ring (bicyclic) bond motifs is 1. The maximum absolute atomic E-state index is 12.9. The summed E-state index contributed by atoms with van der Waals surface area (Å²) in [6.45, 7) is 2.02. The molecule has 0 spiro atoms. The molecule has 2 heterocycles. The van der Waals surface area contributed by atoms with Gasteiger partial charge in [0.05, 0.1) is 18.7 Å². The number of hydrogen-bond donors (Lipinski definition) is 0. The monoisotopic (exact) mass is 283 g/mol. The molecule has 0 bridgehead atoms. The highest BCUT2D eigenvalue weighted by Crippen LogP contribution is 2.31. The van der Waals surface area contributed by atoms with Crippen LogP contribution >= 0.6 is 0 Å². The fourth-order valence-electron chi connectivity index (χ4n) is 2.20. The van der Waals surface area contributed by atoms with E-state index in [1.807, 2.05) is 4.90 Å². The van der Waals surface area contributed by atoms with E-state index < -0.39 is 12.0 Å². The fraction of sp³-hybridized carbons (Fsp3) is 0.385. The lowest BCUT2D eigenvalue weighted by atomic mass is 10.2. The normalized spacial score (nSPS) is 16.6. The largest absolute Gasteiger partial charge is 0.451 e. The molecule has 1 aromatic heterocycles. The Morgan fingerprint density at radius 1 is 1.05 bits per heavy atom. The van der Waals surface area contributed by atoms with Crippen molar-refractivity contribution < 1.29 is 17.9 Å². The van der Waals surface area contributed by atoms with Gasteiger partial charge in [0.25, 0.3) is 0 Å². The van der Waals surface area contributed by atoms with Gasteiger partial charge in [-0.05, 0) is 12.1 Å². The highest BCUT2D eigenvalue weighted by Gasteiger charge is 2.36. The van der Waals surface area contributed by atoms with E-state index in [2.05, 4.69) is 9.97 Å². The summed E-state index contributed by atoms with van der Waals surface area (Å²) in [6.07, 6.45) is -4.55. The Morgan fingerprint density at radius 3 is 2.45 bits per heavy atom. The first-order valence-electron chi connectivity index (χ1n) is 6.22. The van der Waals surface area contributed by atoms with E-state index in [0.29, 0.717) is 43.0 Å². The van der Waals surface area contributed by atoms with Gasteiger partial charge in [0.1, 0.15) is 5.82 Å².